The number of carbonyl (C=O) groups is 3. The summed E-state index contributed by atoms with van der Waals surface area (Å²) in [5.74, 6) is -1.73. The molecule has 7 nitrogen and oxygen atoms in total. The molecule has 0 heterocycles. The summed E-state index contributed by atoms with van der Waals surface area (Å²) in [5.41, 5.74) is 4.19. The van der Waals surface area contributed by atoms with E-state index >= 15 is 0 Å². The lowest BCUT2D eigenvalue weighted by Crippen LogP contribution is -2.52. The molecule has 2 aromatic rings. The summed E-state index contributed by atoms with van der Waals surface area (Å²) in [6.45, 7) is 7.65. The molecule has 0 bridgehead atoms. The number of amides is 2. The minimum atomic E-state index is -1.11. The zero-order chi connectivity index (χ0) is 24.2. The molecule has 0 saturated heterocycles. The zero-order valence-corrected chi connectivity index (χ0v) is 19.6. The van der Waals surface area contributed by atoms with Crippen molar-refractivity contribution in [1.29, 1.82) is 0 Å². The number of rotatable bonds is 8. The van der Waals surface area contributed by atoms with Gasteiger partial charge in [0.15, 0.2) is 0 Å². The SMILES string of the molecule is CCC(NC(=O)C(CC(C)(C)C)NC(=O)OCC1c2ccccc2-c2ccccc21)C(=O)O. The van der Waals surface area contributed by atoms with Crippen LogP contribution in [0.15, 0.2) is 48.5 Å². The smallest absolute Gasteiger partial charge is 0.407 e. The normalized spacial score (nSPS) is 14.5. The zero-order valence-electron chi connectivity index (χ0n) is 19.6. The molecule has 0 radical (unpaired) electrons. The van der Waals surface area contributed by atoms with Crippen LogP contribution < -0.4 is 10.6 Å². The Labute approximate surface area is 194 Å². The standard InChI is InChI=1S/C26H32N2O5/c1-5-21(24(30)31)27-23(29)22(14-26(2,3)4)28-25(32)33-15-20-18-12-8-6-10-16(18)17-11-7-9-13-19(17)20/h6-13,20-22H,5,14-15H2,1-4H3,(H,27,29)(H,28,32)(H,30,31). The number of carboxylic acids is 1. The van der Waals surface area contributed by atoms with Crippen molar-refractivity contribution in [2.45, 2.75) is 58.5 Å². The van der Waals surface area contributed by atoms with E-state index in [0.29, 0.717) is 6.42 Å². The topological polar surface area (TPSA) is 105 Å². The molecule has 0 saturated carbocycles. The molecule has 3 N–H and O–H groups in total. The molecule has 176 valence electrons. The Balaban J connectivity index is 1.69. The van der Waals surface area contributed by atoms with E-state index in [0.717, 1.165) is 22.3 Å². The summed E-state index contributed by atoms with van der Waals surface area (Å²) < 4.78 is 5.57. The lowest BCUT2D eigenvalue weighted by atomic mass is 9.87. The molecule has 33 heavy (non-hydrogen) atoms. The van der Waals surface area contributed by atoms with E-state index in [2.05, 4.69) is 22.8 Å². The van der Waals surface area contributed by atoms with E-state index in [4.69, 9.17) is 4.74 Å². The minimum Gasteiger partial charge on any atom is -0.480 e. The van der Waals surface area contributed by atoms with Crippen LogP contribution in [0.25, 0.3) is 11.1 Å². The van der Waals surface area contributed by atoms with Gasteiger partial charge in [-0.05, 0) is 40.5 Å². The van der Waals surface area contributed by atoms with Gasteiger partial charge >= 0.3 is 12.1 Å². The summed E-state index contributed by atoms with van der Waals surface area (Å²) in [5, 5.41) is 14.4. The van der Waals surface area contributed by atoms with Crippen LogP contribution in [-0.2, 0) is 14.3 Å². The fraction of sp³-hybridized carbons (Fsp3) is 0.423. The molecule has 0 fully saturated rings. The number of alkyl carbamates (subject to hydrolysis) is 1. The van der Waals surface area contributed by atoms with Crippen LogP contribution in [0.2, 0.25) is 0 Å². The number of benzene rings is 2. The molecule has 7 heteroatoms. The van der Waals surface area contributed by atoms with E-state index in [-0.39, 0.29) is 24.4 Å². The van der Waals surface area contributed by atoms with Crippen molar-refractivity contribution in [2.75, 3.05) is 6.61 Å². The van der Waals surface area contributed by atoms with Crippen LogP contribution >= 0.6 is 0 Å². The van der Waals surface area contributed by atoms with Gasteiger partial charge in [-0.2, -0.15) is 0 Å². The van der Waals surface area contributed by atoms with Gasteiger partial charge in [0, 0.05) is 5.92 Å². The predicted octanol–water partition coefficient (Wildman–Crippen LogP) is 4.31. The second kappa shape index (κ2) is 10.1. The molecule has 2 atom stereocenters. The molecular weight excluding hydrogens is 420 g/mol. The third-order valence-corrected chi connectivity index (χ3v) is 5.79. The number of ether oxygens (including phenoxy) is 1. The minimum absolute atomic E-state index is 0.0884. The average molecular weight is 453 g/mol. The molecule has 2 amide bonds. The van der Waals surface area contributed by atoms with Gasteiger partial charge in [0.25, 0.3) is 0 Å². The number of carboxylic acid groups (broad SMARTS) is 1. The highest BCUT2D eigenvalue weighted by atomic mass is 16.5. The van der Waals surface area contributed by atoms with Crippen molar-refractivity contribution < 1.29 is 24.2 Å². The molecule has 0 spiro atoms. The number of aliphatic carboxylic acids is 1. The summed E-state index contributed by atoms with van der Waals surface area (Å²) in [7, 11) is 0. The summed E-state index contributed by atoms with van der Waals surface area (Å²) in [6, 6.07) is 14.2. The molecular formula is C26H32N2O5. The molecule has 2 aromatic carbocycles. The molecule has 0 aromatic heterocycles. The Morgan fingerprint density at radius 3 is 1.97 bits per heavy atom. The Kier molecular flexibility index (Phi) is 7.41. The van der Waals surface area contributed by atoms with Gasteiger partial charge in [0.1, 0.15) is 18.7 Å². The first-order valence-corrected chi connectivity index (χ1v) is 11.3. The van der Waals surface area contributed by atoms with Gasteiger partial charge < -0.3 is 20.5 Å². The van der Waals surface area contributed by atoms with Crippen molar-refractivity contribution in [1.82, 2.24) is 10.6 Å². The Morgan fingerprint density at radius 2 is 1.48 bits per heavy atom. The Morgan fingerprint density at radius 1 is 0.939 bits per heavy atom. The largest absolute Gasteiger partial charge is 0.480 e. The number of hydrogen-bond donors (Lipinski definition) is 3. The second-order valence-corrected chi connectivity index (χ2v) is 9.59. The van der Waals surface area contributed by atoms with Crippen LogP contribution in [0.4, 0.5) is 4.79 Å². The van der Waals surface area contributed by atoms with Crippen molar-refractivity contribution >= 4 is 18.0 Å². The highest BCUT2D eigenvalue weighted by Crippen LogP contribution is 2.44. The third-order valence-electron chi connectivity index (χ3n) is 5.79. The Bertz CT molecular complexity index is 982. The molecule has 3 rings (SSSR count). The maximum atomic E-state index is 12.8. The van der Waals surface area contributed by atoms with Crippen LogP contribution in [-0.4, -0.2) is 41.8 Å². The van der Waals surface area contributed by atoms with Crippen LogP contribution in [0.3, 0.4) is 0 Å². The van der Waals surface area contributed by atoms with E-state index < -0.39 is 30.1 Å². The molecule has 2 unspecified atom stereocenters. The lowest BCUT2D eigenvalue weighted by Gasteiger charge is -2.27. The highest BCUT2D eigenvalue weighted by molar-refractivity contribution is 5.89. The first-order valence-electron chi connectivity index (χ1n) is 11.3. The fourth-order valence-corrected chi connectivity index (χ4v) is 4.21. The first kappa shape index (κ1) is 24.3. The summed E-state index contributed by atoms with van der Waals surface area (Å²) >= 11 is 0. The van der Waals surface area contributed by atoms with Gasteiger partial charge in [-0.1, -0.05) is 76.2 Å². The van der Waals surface area contributed by atoms with E-state index in [9.17, 15) is 19.5 Å². The quantitative estimate of drug-likeness (QED) is 0.554. The van der Waals surface area contributed by atoms with Crippen LogP contribution in [0.5, 0.6) is 0 Å². The fourth-order valence-electron chi connectivity index (χ4n) is 4.21. The third kappa shape index (κ3) is 5.92. The second-order valence-electron chi connectivity index (χ2n) is 9.59. The maximum absolute atomic E-state index is 12.8. The van der Waals surface area contributed by atoms with E-state index in [1.165, 1.54) is 0 Å². The monoisotopic (exact) mass is 452 g/mol. The summed E-state index contributed by atoms with van der Waals surface area (Å²) in [6.07, 6.45) is -0.127. The Hall–Kier alpha value is -3.35. The molecule has 0 aliphatic heterocycles. The van der Waals surface area contributed by atoms with Crippen LogP contribution in [0.1, 0.15) is 57.6 Å². The van der Waals surface area contributed by atoms with Gasteiger partial charge in [-0.3, -0.25) is 4.79 Å². The van der Waals surface area contributed by atoms with Crippen molar-refractivity contribution in [3.05, 3.63) is 59.7 Å². The number of hydrogen-bond acceptors (Lipinski definition) is 4. The first-order chi connectivity index (χ1) is 15.6. The van der Waals surface area contributed by atoms with Gasteiger partial charge in [0.2, 0.25) is 5.91 Å². The average Bonchev–Trinajstić information content (AvgIpc) is 3.08. The number of nitrogens with one attached hydrogen (secondary N) is 2. The predicted molar refractivity (Wildman–Crippen MR) is 126 cm³/mol. The molecule has 1 aliphatic carbocycles. The highest BCUT2D eigenvalue weighted by Gasteiger charge is 2.32. The van der Waals surface area contributed by atoms with Gasteiger partial charge in [-0.15, -0.1) is 0 Å². The lowest BCUT2D eigenvalue weighted by molar-refractivity contribution is -0.142. The van der Waals surface area contributed by atoms with Gasteiger partial charge in [0.05, 0.1) is 0 Å². The van der Waals surface area contributed by atoms with Gasteiger partial charge in [-0.25, -0.2) is 9.59 Å². The number of fused-ring (bicyclic) bond motifs is 3. The van der Waals surface area contributed by atoms with Crippen molar-refractivity contribution in [2.24, 2.45) is 5.41 Å². The van der Waals surface area contributed by atoms with Crippen molar-refractivity contribution in [3.63, 3.8) is 0 Å². The van der Waals surface area contributed by atoms with Crippen LogP contribution in [0, 0.1) is 5.41 Å². The van der Waals surface area contributed by atoms with E-state index in [1.54, 1.807) is 6.92 Å². The maximum Gasteiger partial charge on any atom is 0.407 e. The molecule has 1 aliphatic rings. The number of carbonyl (C=O) groups excluding carboxylic acids is 2. The van der Waals surface area contributed by atoms with Crippen molar-refractivity contribution in [3.8, 4) is 11.1 Å². The van der Waals surface area contributed by atoms with E-state index in [1.807, 2.05) is 57.2 Å². The summed E-state index contributed by atoms with van der Waals surface area (Å²) in [4.78, 5) is 36.8.